The van der Waals surface area contributed by atoms with Gasteiger partial charge in [-0.15, -0.1) is 0 Å². The molecule has 0 saturated carbocycles. The Hall–Kier alpha value is -2.96. The Labute approximate surface area is 174 Å². The number of alkyl halides is 3. The maximum atomic E-state index is 13.2. The summed E-state index contributed by atoms with van der Waals surface area (Å²) in [4.78, 5) is 4.36. The highest BCUT2D eigenvalue weighted by Gasteiger charge is 2.38. The minimum absolute atomic E-state index is 0.0550. The van der Waals surface area contributed by atoms with Crippen molar-refractivity contribution in [2.45, 2.75) is 40.5 Å². The van der Waals surface area contributed by atoms with E-state index in [1.54, 1.807) is 13.0 Å². The first kappa shape index (κ1) is 23.3. The van der Waals surface area contributed by atoms with Crippen LogP contribution in [0.25, 0.3) is 0 Å². The standard InChI is InChI=1S/C23H26F3NO3/c1-6-7-10-29-20-12-16(3)21(17(4)13-20)30-14-19-9-8-18(11-15(19)2)22(27-28-5)23(24,25)26/h6-9,11-13H,10,14H2,1-5H3/b7-6+,27-22?. The number of benzene rings is 2. The van der Waals surface area contributed by atoms with E-state index in [-0.39, 0.29) is 12.2 Å². The summed E-state index contributed by atoms with van der Waals surface area (Å²) in [6, 6.07) is 8.22. The van der Waals surface area contributed by atoms with Gasteiger partial charge >= 0.3 is 6.18 Å². The van der Waals surface area contributed by atoms with Crippen LogP contribution in [-0.4, -0.2) is 25.6 Å². The molecule has 0 aliphatic rings. The lowest BCUT2D eigenvalue weighted by Gasteiger charge is -2.16. The maximum Gasteiger partial charge on any atom is 0.437 e. The molecule has 0 saturated heterocycles. The van der Waals surface area contributed by atoms with Crippen LogP contribution in [0.4, 0.5) is 13.2 Å². The van der Waals surface area contributed by atoms with Gasteiger partial charge < -0.3 is 14.3 Å². The third-order valence-electron chi connectivity index (χ3n) is 4.45. The summed E-state index contributed by atoms with van der Waals surface area (Å²) in [6.07, 6.45) is -0.766. The van der Waals surface area contributed by atoms with Crippen molar-refractivity contribution in [3.8, 4) is 11.5 Å². The molecule has 0 amide bonds. The molecule has 0 bridgehead atoms. The minimum atomic E-state index is -4.61. The van der Waals surface area contributed by atoms with Crippen LogP contribution < -0.4 is 9.47 Å². The summed E-state index contributed by atoms with van der Waals surface area (Å²) in [5.41, 5.74) is 2.17. The van der Waals surface area contributed by atoms with Crippen LogP contribution in [-0.2, 0) is 11.4 Å². The molecule has 0 aromatic heterocycles. The molecule has 30 heavy (non-hydrogen) atoms. The Morgan fingerprint density at radius 1 is 1.00 bits per heavy atom. The molecular formula is C23H26F3NO3. The van der Waals surface area contributed by atoms with Crippen molar-refractivity contribution in [2.24, 2.45) is 5.16 Å². The van der Waals surface area contributed by atoms with Crippen molar-refractivity contribution in [1.29, 1.82) is 0 Å². The quantitative estimate of drug-likeness (QED) is 0.296. The van der Waals surface area contributed by atoms with E-state index < -0.39 is 11.9 Å². The number of halogens is 3. The van der Waals surface area contributed by atoms with Gasteiger partial charge in [0, 0.05) is 5.56 Å². The van der Waals surface area contributed by atoms with Crippen LogP contribution in [0, 0.1) is 20.8 Å². The van der Waals surface area contributed by atoms with Gasteiger partial charge in [0.2, 0.25) is 0 Å². The Morgan fingerprint density at radius 2 is 1.67 bits per heavy atom. The van der Waals surface area contributed by atoms with Crippen LogP contribution in [0.15, 0.2) is 47.6 Å². The molecule has 2 rings (SSSR count). The van der Waals surface area contributed by atoms with E-state index in [1.165, 1.54) is 12.1 Å². The first-order valence-corrected chi connectivity index (χ1v) is 9.43. The van der Waals surface area contributed by atoms with E-state index in [0.29, 0.717) is 12.2 Å². The maximum absolute atomic E-state index is 13.2. The SMILES string of the molecule is C/C=C/COc1cc(C)c(OCc2ccc(C(=NOC)C(F)(F)F)cc2C)c(C)c1. The summed E-state index contributed by atoms with van der Waals surface area (Å²) in [7, 11) is 1.09. The lowest BCUT2D eigenvalue weighted by Crippen LogP contribution is -2.24. The topological polar surface area (TPSA) is 40.0 Å². The molecular weight excluding hydrogens is 395 g/mol. The predicted octanol–water partition coefficient (Wildman–Crippen LogP) is 6.06. The molecule has 0 aliphatic carbocycles. The summed E-state index contributed by atoms with van der Waals surface area (Å²) in [5, 5.41) is 3.13. The summed E-state index contributed by atoms with van der Waals surface area (Å²) in [6.45, 7) is 8.25. The Balaban J connectivity index is 2.17. The van der Waals surface area contributed by atoms with Crippen molar-refractivity contribution < 1.29 is 27.5 Å². The van der Waals surface area contributed by atoms with Crippen molar-refractivity contribution in [1.82, 2.24) is 0 Å². The molecule has 0 radical (unpaired) electrons. The van der Waals surface area contributed by atoms with Crippen LogP contribution in [0.1, 0.15) is 34.7 Å². The van der Waals surface area contributed by atoms with Crippen LogP contribution in [0.2, 0.25) is 0 Å². The third kappa shape index (κ3) is 6.02. The molecule has 0 unspecified atom stereocenters. The van der Waals surface area contributed by atoms with Gasteiger partial charge in [-0.05, 0) is 68.1 Å². The molecule has 0 atom stereocenters. The van der Waals surface area contributed by atoms with Gasteiger partial charge in [0.25, 0.3) is 0 Å². The zero-order valence-corrected chi connectivity index (χ0v) is 17.8. The number of aryl methyl sites for hydroxylation is 3. The molecule has 2 aromatic rings. The van der Waals surface area contributed by atoms with Gasteiger partial charge in [-0.1, -0.05) is 29.4 Å². The molecule has 0 heterocycles. The molecule has 0 fully saturated rings. The van der Waals surface area contributed by atoms with Crippen molar-refractivity contribution in [2.75, 3.05) is 13.7 Å². The van der Waals surface area contributed by atoms with E-state index in [1.807, 2.05) is 45.1 Å². The fourth-order valence-electron chi connectivity index (χ4n) is 2.98. The molecule has 0 N–H and O–H groups in total. The molecule has 162 valence electrons. The average molecular weight is 421 g/mol. The first-order chi connectivity index (χ1) is 14.2. The summed E-state index contributed by atoms with van der Waals surface area (Å²) >= 11 is 0. The number of ether oxygens (including phenoxy) is 2. The Bertz CT molecular complexity index is 911. The number of oxime groups is 1. The van der Waals surface area contributed by atoms with E-state index in [9.17, 15) is 13.2 Å². The second-order valence-corrected chi connectivity index (χ2v) is 6.82. The minimum Gasteiger partial charge on any atom is -0.490 e. The highest BCUT2D eigenvalue weighted by atomic mass is 19.4. The molecule has 4 nitrogen and oxygen atoms in total. The fourth-order valence-corrected chi connectivity index (χ4v) is 2.98. The van der Waals surface area contributed by atoms with E-state index in [4.69, 9.17) is 9.47 Å². The van der Waals surface area contributed by atoms with E-state index in [0.717, 1.165) is 35.3 Å². The predicted molar refractivity (Wildman–Crippen MR) is 111 cm³/mol. The first-order valence-electron chi connectivity index (χ1n) is 9.43. The Morgan fingerprint density at radius 3 is 2.20 bits per heavy atom. The smallest absolute Gasteiger partial charge is 0.437 e. The summed E-state index contributed by atoms with van der Waals surface area (Å²) < 4.78 is 51.1. The van der Waals surface area contributed by atoms with Crippen LogP contribution in [0.5, 0.6) is 11.5 Å². The number of nitrogens with zero attached hydrogens (tertiary/aromatic N) is 1. The highest BCUT2D eigenvalue weighted by molar-refractivity contribution is 6.04. The van der Waals surface area contributed by atoms with Crippen molar-refractivity contribution in [3.63, 3.8) is 0 Å². The lowest BCUT2D eigenvalue weighted by molar-refractivity contribution is -0.0608. The van der Waals surface area contributed by atoms with Crippen molar-refractivity contribution in [3.05, 3.63) is 70.3 Å². The number of hydrogen-bond donors (Lipinski definition) is 0. The third-order valence-corrected chi connectivity index (χ3v) is 4.45. The number of rotatable bonds is 8. The average Bonchev–Trinajstić information content (AvgIpc) is 2.66. The molecule has 2 aromatic carbocycles. The molecule has 0 spiro atoms. The van der Waals surface area contributed by atoms with Gasteiger partial charge in [0.15, 0.2) is 5.71 Å². The second-order valence-electron chi connectivity index (χ2n) is 6.82. The van der Waals surface area contributed by atoms with Crippen LogP contribution in [0.3, 0.4) is 0 Å². The van der Waals surface area contributed by atoms with E-state index in [2.05, 4.69) is 9.99 Å². The zero-order valence-electron chi connectivity index (χ0n) is 17.8. The number of allylic oxidation sites excluding steroid dienone is 1. The molecule has 0 aliphatic heterocycles. The van der Waals surface area contributed by atoms with Gasteiger partial charge in [0.1, 0.15) is 31.8 Å². The van der Waals surface area contributed by atoms with Crippen molar-refractivity contribution >= 4 is 5.71 Å². The Kier molecular flexibility index (Phi) is 7.92. The fraction of sp³-hybridized carbons (Fsp3) is 0.348. The lowest BCUT2D eigenvalue weighted by atomic mass is 10.0. The monoisotopic (exact) mass is 421 g/mol. The number of hydrogen-bond acceptors (Lipinski definition) is 4. The summed E-state index contributed by atoms with van der Waals surface area (Å²) in [5.74, 6) is 1.49. The van der Waals surface area contributed by atoms with E-state index >= 15 is 0 Å². The second kappa shape index (κ2) is 10.2. The largest absolute Gasteiger partial charge is 0.490 e. The van der Waals surface area contributed by atoms with Gasteiger partial charge in [-0.25, -0.2) is 0 Å². The zero-order chi connectivity index (χ0) is 22.3. The normalized spacial score (nSPS) is 12.3. The molecule has 7 heteroatoms. The van der Waals surface area contributed by atoms with Gasteiger partial charge in [-0.3, -0.25) is 0 Å². The van der Waals surface area contributed by atoms with Crippen LogP contribution >= 0.6 is 0 Å². The van der Waals surface area contributed by atoms with Gasteiger partial charge in [0.05, 0.1) is 0 Å². The highest BCUT2D eigenvalue weighted by Crippen LogP contribution is 2.30. The van der Waals surface area contributed by atoms with Gasteiger partial charge in [-0.2, -0.15) is 13.2 Å².